The van der Waals surface area contributed by atoms with Gasteiger partial charge in [0.1, 0.15) is 5.82 Å². The molecule has 0 atom stereocenters. The molecule has 104 valence electrons. The highest BCUT2D eigenvalue weighted by atomic mass is 16.3. The van der Waals surface area contributed by atoms with Crippen LogP contribution in [0.25, 0.3) is 0 Å². The van der Waals surface area contributed by atoms with Gasteiger partial charge < -0.3 is 15.7 Å². The molecule has 3 rings (SSSR count). The van der Waals surface area contributed by atoms with Crippen molar-refractivity contribution in [3.63, 3.8) is 0 Å². The first-order chi connectivity index (χ1) is 9.09. The largest absolute Gasteiger partial charge is 0.390 e. The Balaban J connectivity index is 1.88. The Bertz CT molecular complexity index is 475. The van der Waals surface area contributed by atoms with Crippen LogP contribution in [0, 0.1) is 0 Å². The summed E-state index contributed by atoms with van der Waals surface area (Å²) in [6.45, 7) is 4.20. The van der Waals surface area contributed by atoms with E-state index < -0.39 is 5.60 Å². The lowest BCUT2D eigenvalue weighted by Gasteiger charge is -2.37. The number of aliphatic hydroxyl groups is 1. The second kappa shape index (κ2) is 4.76. The average molecular weight is 261 g/mol. The summed E-state index contributed by atoms with van der Waals surface area (Å²) in [5.74, 6) is 1.05. The molecule has 0 amide bonds. The van der Waals surface area contributed by atoms with Crippen molar-refractivity contribution in [2.45, 2.75) is 51.2 Å². The molecule has 1 aliphatic heterocycles. The quantitative estimate of drug-likeness (QED) is 0.844. The molecule has 3 N–H and O–H groups in total. The van der Waals surface area contributed by atoms with E-state index in [1.807, 2.05) is 6.92 Å². The van der Waals surface area contributed by atoms with Gasteiger partial charge in [0, 0.05) is 30.9 Å². The van der Waals surface area contributed by atoms with Crippen molar-refractivity contribution >= 4 is 5.82 Å². The number of hydrogen-bond donors (Lipinski definition) is 2. The Hall–Kier alpha value is -1.13. The Kier molecular flexibility index (Phi) is 3.23. The Morgan fingerprint density at radius 3 is 2.79 bits per heavy atom. The molecule has 2 aliphatic rings. The molecule has 1 aromatic heterocycles. The molecule has 0 spiro atoms. The predicted molar refractivity (Wildman–Crippen MR) is 76.2 cm³/mol. The first kappa shape index (κ1) is 12.9. The van der Waals surface area contributed by atoms with E-state index >= 15 is 0 Å². The predicted octanol–water partition coefficient (Wildman–Crippen LogP) is 1.38. The lowest BCUT2D eigenvalue weighted by atomic mass is 9.93. The molecular weight excluding hydrogens is 238 g/mol. The van der Waals surface area contributed by atoms with E-state index in [4.69, 9.17) is 10.7 Å². The second-order valence-electron chi connectivity index (χ2n) is 6.12. The lowest BCUT2D eigenvalue weighted by molar-refractivity contribution is 0.0350. The molecule has 4 heteroatoms. The van der Waals surface area contributed by atoms with E-state index in [2.05, 4.69) is 11.0 Å². The number of hydrogen-bond acceptors (Lipinski definition) is 4. The SMILES string of the molecule is CC1(O)CCN(c2nc3c(cc2CN)CCC3)CC1. The van der Waals surface area contributed by atoms with Crippen molar-refractivity contribution in [1.82, 2.24) is 4.98 Å². The zero-order chi connectivity index (χ0) is 13.5. The number of rotatable bonds is 2. The smallest absolute Gasteiger partial charge is 0.133 e. The van der Waals surface area contributed by atoms with Gasteiger partial charge in [0.25, 0.3) is 0 Å². The topological polar surface area (TPSA) is 62.4 Å². The number of aromatic nitrogens is 1. The fourth-order valence-electron chi connectivity index (χ4n) is 3.13. The maximum absolute atomic E-state index is 10.0. The van der Waals surface area contributed by atoms with Crippen molar-refractivity contribution in [1.29, 1.82) is 0 Å². The first-order valence-corrected chi connectivity index (χ1v) is 7.28. The first-order valence-electron chi connectivity index (χ1n) is 7.28. The van der Waals surface area contributed by atoms with Gasteiger partial charge in [-0.3, -0.25) is 0 Å². The fraction of sp³-hybridized carbons (Fsp3) is 0.667. The maximum atomic E-state index is 10.0. The summed E-state index contributed by atoms with van der Waals surface area (Å²) in [5, 5.41) is 10.0. The number of anilines is 1. The van der Waals surface area contributed by atoms with Gasteiger partial charge in [-0.25, -0.2) is 4.98 Å². The number of aryl methyl sites for hydroxylation is 2. The summed E-state index contributed by atoms with van der Waals surface area (Å²) in [5.41, 5.74) is 9.16. The third kappa shape index (κ3) is 2.47. The van der Waals surface area contributed by atoms with Crippen molar-refractivity contribution in [2.75, 3.05) is 18.0 Å². The lowest BCUT2D eigenvalue weighted by Crippen LogP contribution is -2.43. The third-order valence-electron chi connectivity index (χ3n) is 4.47. The van der Waals surface area contributed by atoms with Crippen molar-refractivity contribution in [3.8, 4) is 0 Å². The van der Waals surface area contributed by atoms with Crippen LogP contribution in [0.15, 0.2) is 6.07 Å². The molecule has 0 bridgehead atoms. The highest BCUT2D eigenvalue weighted by Crippen LogP contribution is 2.30. The van der Waals surface area contributed by atoms with E-state index in [0.29, 0.717) is 6.54 Å². The van der Waals surface area contributed by atoms with Gasteiger partial charge in [0.2, 0.25) is 0 Å². The maximum Gasteiger partial charge on any atom is 0.133 e. The van der Waals surface area contributed by atoms with Crippen LogP contribution in [0.2, 0.25) is 0 Å². The van der Waals surface area contributed by atoms with E-state index in [9.17, 15) is 5.11 Å². The highest BCUT2D eigenvalue weighted by Gasteiger charge is 2.29. The van der Waals surface area contributed by atoms with Gasteiger partial charge in [-0.1, -0.05) is 0 Å². The minimum absolute atomic E-state index is 0.518. The van der Waals surface area contributed by atoms with E-state index in [-0.39, 0.29) is 0 Å². The number of nitrogens with zero attached hydrogens (tertiary/aromatic N) is 2. The van der Waals surface area contributed by atoms with Crippen LogP contribution in [0.1, 0.15) is 43.0 Å². The zero-order valence-corrected chi connectivity index (χ0v) is 11.7. The van der Waals surface area contributed by atoms with E-state index in [1.54, 1.807) is 0 Å². The Labute approximate surface area is 114 Å². The molecule has 0 saturated carbocycles. The Morgan fingerprint density at radius 1 is 1.37 bits per heavy atom. The molecule has 1 aromatic rings. The van der Waals surface area contributed by atoms with Crippen LogP contribution in [-0.2, 0) is 19.4 Å². The van der Waals surface area contributed by atoms with Crippen LogP contribution in [-0.4, -0.2) is 28.8 Å². The summed E-state index contributed by atoms with van der Waals surface area (Å²) >= 11 is 0. The molecule has 4 nitrogen and oxygen atoms in total. The molecular formula is C15H23N3O. The summed E-state index contributed by atoms with van der Waals surface area (Å²) in [6.07, 6.45) is 5.05. The van der Waals surface area contributed by atoms with Crippen LogP contribution >= 0.6 is 0 Å². The summed E-state index contributed by atoms with van der Waals surface area (Å²) in [4.78, 5) is 7.15. The fourth-order valence-corrected chi connectivity index (χ4v) is 3.13. The summed E-state index contributed by atoms with van der Waals surface area (Å²) in [7, 11) is 0. The zero-order valence-electron chi connectivity index (χ0n) is 11.7. The van der Waals surface area contributed by atoms with Crippen molar-refractivity contribution in [2.24, 2.45) is 5.73 Å². The molecule has 0 aromatic carbocycles. The van der Waals surface area contributed by atoms with E-state index in [0.717, 1.165) is 50.2 Å². The minimum Gasteiger partial charge on any atom is -0.390 e. The molecule has 1 saturated heterocycles. The number of pyridine rings is 1. The van der Waals surface area contributed by atoms with Crippen LogP contribution in [0.5, 0.6) is 0 Å². The molecule has 1 fully saturated rings. The normalized spacial score (nSPS) is 21.5. The van der Waals surface area contributed by atoms with Gasteiger partial charge in [0.15, 0.2) is 0 Å². The van der Waals surface area contributed by atoms with Gasteiger partial charge in [0.05, 0.1) is 5.60 Å². The third-order valence-corrected chi connectivity index (χ3v) is 4.47. The number of fused-ring (bicyclic) bond motifs is 1. The average Bonchev–Trinajstić information content (AvgIpc) is 2.84. The molecule has 19 heavy (non-hydrogen) atoms. The summed E-state index contributed by atoms with van der Waals surface area (Å²) in [6, 6.07) is 2.25. The minimum atomic E-state index is -0.518. The van der Waals surface area contributed by atoms with E-state index in [1.165, 1.54) is 17.7 Å². The molecule has 0 radical (unpaired) electrons. The van der Waals surface area contributed by atoms with Gasteiger partial charge in [-0.2, -0.15) is 0 Å². The van der Waals surface area contributed by atoms with Crippen LogP contribution in [0.3, 0.4) is 0 Å². The number of nitrogens with two attached hydrogens (primary N) is 1. The highest BCUT2D eigenvalue weighted by molar-refractivity contribution is 5.51. The monoisotopic (exact) mass is 261 g/mol. The second-order valence-corrected chi connectivity index (χ2v) is 6.12. The van der Waals surface area contributed by atoms with Gasteiger partial charge >= 0.3 is 0 Å². The molecule has 0 unspecified atom stereocenters. The van der Waals surface area contributed by atoms with Gasteiger partial charge in [-0.15, -0.1) is 0 Å². The van der Waals surface area contributed by atoms with Crippen molar-refractivity contribution in [3.05, 3.63) is 22.9 Å². The number of piperidine rings is 1. The van der Waals surface area contributed by atoms with Crippen LogP contribution in [0.4, 0.5) is 5.82 Å². The molecule has 1 aliphatic carbocycles. The Morgan fingerprint density at radius 2 is 2.11 bits per heavy atom. The molecule has 2 heterocycles. The van der Waals surface area contributed by atoms with Crippen molar-refractivity contribution < 1.29 is 5.11 Å². The van der Waals surface area contributed by atoms with Crippen LogP contribution < -0.4 is 10.6 Å². The standard InChI is InChI=1S/C15H23N3O/c1-15(19)5-7-18(8-6-15)14-12(10-16)9-11-3-2-4-13(11)17-14/h9,19H,2-8,10,16H2,1H3. The summed E-state index contributed by atoms with van der Waals surface area (Å²) < 4.78 is 0. The van der Waals surface area contributed by atoms with Gasteiger partial charge in [-0.05, 0) is 50.7 Å².